The molecule has 0 aliphatic carbocycles. The molecule has 0 saturated carbocycles. The van der Waals surface area contributed by atoms with Gasteiger partial charge in [0.2, 0.25) is 0 Å². The van der Waals surface area contributed by atoms with Gasteiger partial charge in [0.1, 0.15) is 5.82 Å². The molecule has 0 fully saturated rings. The fraction of sp³-hybridized carbons (Fsp3) is 0.333. The van der Waals surface area contributed by atoms with Crippen molar-refractivity contribution in [3.8, 4) is 0 Å². The van der Waals surface area contributed by atoms with Crippen molar-refractivity contribution in [3.63, 3.8) is 0 Å². The van der Waals surface area contributed by atoms with E-state index >= 15 is 0 Å². The number of benzene rings is 1. The van der Waals surface area contributed by atoms with Crippen LogP contribution >= 0.6 is 15.9 Å². The molecule has 1 aromatic carbocycles. The monoisotopic (exact) mass is 271 g/mol. The molecule has 0 aliphatic heterocycles. The molecule has 15 heavy (non-hydrogen) atoms. The van der Waals surface area contributed by atoms with E-state index in [9.17, 15) is 4.39 Å². The standard InChI is InChI=1S/C12H15BrFN/c1-9(13)8-15-10(2)7-11-5-3-4-6-12(11)14/h3-6,10,15H,1,7-8H2,2H3. The summed E-state index contributed by atoms with van der Waals surface area (Å²) in [5.74, 6) is -0.135. The third-order valence-electron chi connectivity index (χ3n) is 2.13. The van der Waals surface area contributed by atoms with Crippen molar-refractivity contribution in [1.29, 1.82) is 0 Å². The minimum absolute atomic E-state index is 0.135. The molecule has 0 heterocycles. The van der Waals surface area contributed by atoms with Crippen LogP contribution in [0.25, 0.3) is 0 Å². The molecule has 1 rings (SSSR count). The van der Waals surface area contributed by atoms with E-state index in [4.69, 9.17) is 0 Å². The first-order valence-electron chi connectivity index (χ1n) is 4.89. The number of nitrogens with one attached hydrogen (secondary N) is 1. The second kappa shape index (κ2) is 6.03. The summed E-state index contributed by atoms with van der Waals surface area (Å²) in [5.41, 5.74) is 0.748. The minimum atomic E-state index is -0.135. The Morgan fingerprint density at radius 3 is 2.80 bits per heavy atom. The van der Waals surface area contributed by atoms with Crippen molar-refractivity contribution in [2.75, 3.05) is 6.54 Å². The van der Waals surface area contributed by atoms with Crippen molar-refractivity contribution >= 4 is 15.9 Å². The van der Waals surface area contributed by atoms with E-state index in [-0.39, 0.29) is 11.9 Å². The third-order valence-corrected chi connectivity index (χ3v) is 2.41. The van der Waals surface area contributed by atoms with Crippen LogP contribution in [0.15, 0.2) is 35.3 Å². The summed E-state index contributed by atoms with van der Waals surface area (Å²) in [7, 11) is 0. The van der Waals surface area contributed by atoms with E-state index in [0.29, 0.717) is 13.0 Å². The van der Waals surface area contributed by atoms with E-state index in [1.807, 2.05) is 19.1 Å². The van der Waals surface area contributed by atoms with Gasteiger partial charge >= 0.3 is 0 Å². The van der Waals surface area contributed by atoms with Crippen LogP contribution in [-0.4, -0.2) is 12.6 Å². The lowest BCUT2D eigenvalue weighted by Gasteiger charge is -2.13. The van der Waals surface area contributed by atoms with Crippen LogP contribution < -0.4 is 5.32 Å². The molecule has 0 amide bonds. The summed E-state index contributed by atoms with van der Waals surface area (Å²) in [5, 5.41) is 3.24. The first-order chi connectivity index (χ1) is 7.09. The maximum Gasteiger partial charge on any atom is 0.126 e. The number of hydrogen-bond donors (Lipinski definition) is 1. The van der Waals surface area contributed by atoms with Crippen LogP contribution in [0, 0.1) is 5.82 Å². The Hall–Kier alpha value is -0.670. The highest BCUT2D eigenvalue weighted by atomic mass is 79.9. The number of rotatable bonds is 5. The SMILES string of the molecule is C=C(Br)CNC(C)Cc1ccccc1F. The quantitative estimate of drug-likeness (QED) is 0.867. The molecule has 82 valence electrons. The Morgan fingerprint density at radius 2 is 2.20 bits per heavy atom. The van der Waals surface area contributed by atoms with Crippen molar-refractivity contribution < 1.29 is 4.39 Å². The number of halogens is 2. The highest BCUT2D eigenvalue weighted by molar-refractivity contribution is 9.11. The van der Waals surface area contributed by atoms with Gasteiger partial charge in [-0.25, -0.2) is 4.39 Å². The molecule has 0 radical (unpaired) electrons. The zero-order chi connectivity index (χ0) is 11.3. The van der Waals surface area contributed by atoms with Gasteiger partial charge in [-0.05, 0) is 25.0 Å². The molecule has 0 aromatic heterocycles. The van der Waals surface area contributed by atoms with Gasteiger partial charge in [-0.2, -0.15) is 0 Å². The lowest BCUT2D eigenvalue weighted by Crippen LogP contribution is -2.29. The van der Waals surface area contributed by atoms with E-state index < -0.39 is 0 Å². The lowest BCUT2D eigenvalue weighted by atomic mass is 10.1. The molecular weight excluding hydrogens is 257 g/mol. The zero-order valence-electron chi connectivity index (χ0n) is 8.76. The normalized spacial score (nSPS) is 12.5. The zero-order valence-corrected chi connectivity index (χ0v) is 10.3. The molecule has 3 heteroatoms. The van der Waals surface area contributed by atoms with Gasteiger partial charge in [0, 0.05) is 17.1 Å². The van der Waals surface area contributed by atoms with Crippen molar-refractivity contribution in [2.45, 2.75) is 19.4 Å². The van der Waals surface area contributed by atoms with Crippen molar-refractivity contribution in [2.24, 2.45) is 0 Å². The first kappa shape index (κ1) is 12.4. The van der Waals surface area contributed by atoms with Crippen LogP contribution in [0.2, 0.25) is 0 Å². The molecule has 0 bridgehead atoms. The van der Waals surface area contributed by atoms with Crippen molar-refractivity contribution in [1.82, 2.24) is 5.32 Å². The predicted molar refractivity (Wildman–Crippen MR) is 65.6 cm³/mol. The summed E-state index contributed by atoms with van der Waals surface area (Å²) in [6, 6.07) is 7.10. The maximum absolute atomic E-state index is 13.3. The molecule has 0 aliphatic rings. The Balaban J connectivity index is 2.47. The Kier molecular flexibility index (Phi) is 4.99. The average Bonchev–Trinajstić information content (AvgIpc) is 2.18. The highest BCUT2D eigenvalue weighted by Crippen LogP contribution is 2.09. The van der Waals surface area contributed by atoms with E-state index in [0.717, 1.165) is 10.0 Å². The summed E-state index contributed by atoms with van der Waals surface area (Å²) in [6.07, 6.45) is 0.687. The molecule has 1 atom stereocenters. The largest absolute Gasteiger partial charge is 0.309 e. The van der Waals surface area contributed by atoms with Crippen molar-refractivity contribution in [3.05, 3.63) is 46.7 Å². The summed E-state index contributed by atoms with van der Waals surface area (Å²) in [6.45, 7) is 6.47. The van der Waals surface area contributed by atoms with Gasteiger partial charge in [-0.15, -0.1) is 0 Å². The fourth-order valence-electron chi connectivity index (χ4n) is 1.35. The third kappa shape index (κ3) is 4.58. The molecule has 1 N–H and O–H groups in total. The smallest absolute Gasteiger partial charge is 0.126 e. The summed E-state index contributed by atoms with van der Waals surface area (Å²) in [4.78, 5) is 0. The first-order valence-corrected chi connectivity index (χ1v) is 5.69. The van der Waals surface area contributed by atoms with Gasteiger partial charge in [0.15, 0.2) is 0 Å². The molecule has 1 aromatic rings. The fourth-order valence-corrected chi connectivity index (χ4v) is 1.51. The van der Waals surface area contributed by atoms with Gasteiger partial charge in [-0.1, -0.05) is 40.7 Å². The second-order valence-corrected chi connectivity index (χ2v) is 4.72. The van der Waals surface area contributed by atoms with Crippen LogP contribution in [0.1, 0.15) is 12.5 Å². The van der Waals surface area contributed by atoms with Gasteiger partial charge in [0.05, 0.1) is 0 Å². The predicted octanol–water partition coefficient (Wildman–Crippen LogP) is 3.25. The average molecular weight is 272 g/mol. The Labute approximate surface area is 98.5 Å². The molecule has 1 unspecified atom stereocenters. The van der Waals surface area contributed by atoms with Crippen LogP contribution in [-0.2, 0) is 6.42 Å². The summed E-state index contributed by atoms with van der Waals surface area (Å²) >= 11 is 3.27. The van der Waals surface area contributed by atoms with Gasteiger partial charge < -0.3 is 5.32 Å². The minimum Gasteiger partial charge on any atom is -0.309 e. The Bertz CT molecular complexity index is 338. The molecular formula is C12H15BrFN. The Morgan fingerprint density at radius 1 is 1.53 bits per heavy atom. The number of hydrogen-bond acceptors (Lipinski definition) is 1. The topological polar surface area (TPSA) is 12.0 Å². The van der Waals surface area contributed by atoms with E-state index in [2.05, 4.69) is 27.8 Å². The molecule has 0 saturated heterocycles. The maximum atomic E-state index is 13.3. The lowest BCUT2D eigenvalue weighted by molar-refractivity contribution is 0.549. The molecule has 1 nitrogen and oxygen atoms in total. The van der Waals surface area contributed by atoms with Gasteiger partial charge in [-0.3, -0.25) is 0 Å². The van der Waals surface area contributed by atoms with Crippen LogP contribution in [0.3, 0.4) is 0 Å². The van der Waals surface area contributed by atoms with Crippen LogP contribution in [0.5, 0.6) is 0 Å². The van der Waals surface area contributed by atoms with E-state index in [1.54, 1.807) is 6.07 Å². The molecule has 0 spiro atoms. The highest BCUT2D eigenvalue weighted by Gasteiger charge is 2.06. The van der Waals surface area contributed by atoms with Crippen LogP contribution in [0.4, 0.5) is 4.39 Å². The van der Waals surface area contributed by atoms with E-state index in [1.165, 1.54) is 6.07 Å². The summed E-state index contributed by atoms with van der Waals surface area (Å²) < 4.78 is 14.2. The second-order valence-electron chi connectivity index (χ2n) is 3.59. The van der Waals surface area contributed by atoms with Gasteiger partial charge in [0.25, 0.3) is 0 Å².